The summed E-state index contributed by atoms with van der Waals surface area (Å²) in [5.74, 6) is -0.786. The maximum absolute atomic E-state index is 12.8. The molecule has 0 unspecified atom stereocenters. The van der Waals surface area contributed by atoms with Gasteiger partial charge in [-0.2, -0.15) is 0 Å². The lowest BCUT2D eigenvalue weighted by Crippen LogP contribution is -2.43. The van der Waals surface area contributed by atoms with Crippen LogP contribution in [0.1, 0.15) is 5.56 Å². The maximum atomic E-state index is 12.8. The van der Waals surface area contributed by atoms with Gasteiger partial charge in [0.2, 0.25) is 17.7 Å². The predicted octanol–water partition coefficient (Wildman–Crippen LogP) is 2.66. The normalized spacial score (nSPS) is 13.8. The number of hydrogen-bond acceptors (Lipinski definition) is 4. The van der Waals surface area contributed by atoms with Gasteiger partial charge in [-0.15, -0.1) is 0 Å². The summed E-state index contributed by atoms with van der Waals surface area (Å²) < 4.78 is 5.08. The number of hydrogen-bond donors (Lipinski definition) is 0. The first-order valence-electron chi connectivity index (χ1n) is 9.82. The summed E-state index contributed by atoms with van der Waals surface area (Å²) in [4.78, 5) is 42.3. The van der Waals surface area contributed by atoms with Gasteiger partial charge in [0.05, 0.1) is 6.61 Å². The molecule has 0 atom stereocenters. The molecular weight excluding hydrogens is 418 g/mol. The maximum Gasteiger partial charge on any atom is 0.248 e. The van der Waals surface area contributed by atoms with Gasteiger partial charge in [0, 0.05) is 30.4 Å². The third-order valence-corrected chi connectivity index (χ3v) is 5.10. The largest absolute Gasteiger partial charge is 0.383 e. The van der Waals surface area contributed by atoms with E-state index in [4.69, 9.17) is 16.3 Å². The molecule has 2 aromatic rings. The molecular formula is C23H24ClN3O4. The van der Waals surface area contributed by atoms with E-state index >= 15 is 0 Å². The lowest BCUT2D eigenvalue weighted by atomic mass is 10.2. The standard InChI is InChI=1S/C23H24ClN3O4/c1-31-14-13-25(21(28)12-7-18-5-3-2-4-6-18)15-22(29)26-16-23(30)27(17-26)20-10-8-19(24)9-11-20/h2-12H,13-17H2,1H3/b12-7+. The first kappa shape index (κ1) is 22.5. The van der Waals surface area contributed by atoms with Gasteiger partial charge in [0.15, 0.2) is 0 Å². The third-order valence-electron chi connectivity index (χ3n) is 4.85. The molecule has 0 bridgehead atoms. The van der Waals surface area contributed by atoms with E-state index in [9.17, 15) is 14.4 Å². The molecule has 8 heteroatoms. The molecule has 0 aliphatic carbocycles. The van der Waals surface area contributed by atoms with Gasteiger partial charge < -0.3 is 14.5 Å². The molecule has 1 aliphatic rings. The number of methoxy groups -OCH3 is 1. The van der Waals surface area contributed by atoms with Crippen LogP contribution < -0.4 is 4.90 Å². The van der Waals surface area contributed by atoms with E-state index in [1.807, 2.05) is 30.3 Å². The molecule has 31 heavy (non-hydrogen) atoms. The van der Waals surface area contributed by atoms with Gasteiger partial charge in [-0.1, -0.05) is 41.9 Å². The minimum atomic E-state index is -0.303. The summed E-state index contributed by atoms with van der Waals surface area (Å²) in [6, 6.07) is 16.3. The summed E-state index contributed by atoms with van der Waals surface area (Å²) in [5.41, 5.74) is 1.56. The minimum absolute atomic E-state index is 0.0341. The second-order valence-electron chi connectivity index (χ2n) is 7.03. The molecule has 2 aromatic carbocycles. The Bertz CT molecular complexity index is 947. The zero-order chi connectivity index (χ0) is 22.2. The molecule has 1 fully saturated rings. The number of carbonyl (C=O) groups is 3. The fraction of sp³-hybridized carbons (Fsp3) is 0.261. The molecule has 0 aromatic heterocycles. The summed E-state index contributed by atoms with van der Waals surface area (Å²) in [7, 11) is 1.54. The van der Waals surface area contributed by atoms with Crippen LogP contribution in [0.3, 0.4) is 0 Å². The number of amides is 3. The molecule has 162 valence electrons. The zero-order valence-corrected chi connectivity index (χ0v) is 18.0. The average molecular weight is 442 g/mol. The molecule has 0 saturated carbocycles. The molecule has 0 N–H and O–H groups in total. The Kier molecular flexibility index (Phi) is 7.81. The fourth-order valence-electron chi connectivity index (χ4n) is 3.13. The van der Waals surface area contributed by atoms with Crippen molar-refractivity contribution in [3.63, 3.8) is 0 Å². The highest BCUT2D eigenvalue weighted by atomic mass is 35.5. The van der Waals surface area contributed by atoms with Gasteiger partial charge in [0.1, 0.15) is 19.8 Å². The predicted molar refractivity (Wildman–Crippen MR) is 119 cm³/mol. The highest BCUT2D eigenvalue weighted by molar-refractivity contribution is 6.30. The van der Waals surface area contributed by atoms with Crippen molar-refractivity contribution in [2.24, 2.45) is 0 Å². The zero-order valence-electron chi connectivity index (χ0n) is 17.2. The minimum Gasteiger partial charge on any atom is -0.383 e. The van der Waals surface area contributed by atoms with Crippen LogP contribution in [0.25, 0.3) is 6.08 Å². The molecule has 1 aliphatic heterocycles. The van der Waals surface area contributed by atoms with Crippen molar-refractivity contribution in [2.75, 3.05) is 44.9 Å². The van der Waals surface area contributed by atoms with Crippen LogP contribution in [0, 0.1) is 0 Å². The van der Waals surface area contributed by atoms with Crippen molar-refractivity contribution in [3.8, 4) is 0 Å². The van der Waals surface area contributed by atoms with E-state index in [-0.39, 0.29) is 44.0 Å². The summed E-state index contributed by atoms with van der Waals surface area (Å²) in [6.07, 6.45) is 3.14. The number of nitrogens with zero attached hydrogens (tertiary/aromatic N) is 3. The lowest BCUT2D eigenvalue weighted by Gasteiger charge is -2.24. The fourth-order valence-corrected chi connectivity index (χ4v) is 3.26. The van der Waals surface area contributed by atoms with Crippen LogP contribution in [-0.4, -0.2) is 67.5 Å². The van der Waals surface area contributed by atoms with Crippen LogP contribution >= 0.6 is 11.6 Å². The van der Waals surface area contributed by atoms with E-state index in [1.54, 1.807) is 30.3 Å². The van der Waals surface area contributed by atoms with Gasteiger partial charge in [0.25, 0.3) is 0 Å². The molecule has 1 saturated heterocycles. The van der Waals surface area contributed by atoms with E-state index in [0.29, 0.717) is 17.3 Å². The van der Waals surface area contributed by atoms with Crippen molar-refractivity contribution in [1.82, 2.24) is 9.80 Å². The lowest BCUT2D eigenvalue weighted by molar-refractivity contribution is -0.138. The molecule has 0 spiro atoms. The number of anilines is 1. The summed E-state index contributed by atoms with van der Waals surface area (Å²) in [6.45, 7) is 0.527. The van der Waals surface area contributed by atoms with Crippen molar-refractivity contribution in [3.05, 3.63) is 71.3 Å². The summed E-state index contributed by atoms with van der Waals surface area (Å²) >= 11 is 5.91. The number of halogens is 1. The Morgan fingerprint density at radius 2 is 1.84 bits per heavy atom. The summed E-state index contributed by atoms with van der Waals surface area (Å²) in [5, 5.41) is 0.569. The topological polar surface area (TPSA) is 70.2 Å². The van der Waals surface area contributed by atoms with Crippen LogP contribution in [0.15, 0.2) is 60.7 Å². The monoisotopic (exact) mass is 441 g/mol. The Morgan fingerprint density at radius 3 is 2.52 bits per heavy atom. The van der Waals surface area contributed by atoms with Crippen molar-refractivity contribution >= 4 is 41.1 Å². The van der Waals surface area contributed by atoms with Crippen LogP contribution in [0.4, 0.5) is 5.69 Å². The first-order valence-corrected chi connectivity index (χ1v) is 10.2. The van der Waals surface area contributed by atoms with E-state index < -0.39 is 0 Å². The van der Waals surface area contributed by atoms with Gasteiger partial charge in [-0.3, -0.25) is 19.3 Å². The number of ether oxygens (including phenoxy) is 1. The number of carbonyl (C=O) groups excluding carboxylic acids is 3. The van der Waals surface area contributed by atoms with Crippen LogP contribution in [0.2, 0.25) is 5.02 Å². The average Bonchev–Trinajstić information content (AvgIpc) is 3.17. The van der Waals surface area contributed by atoms with Crippen LogP contribution in [-0.2, 0) is 19.1 Å². The molecule has 1 heterocycles. The smallest absolute Gasteiger partial charge is 0.248 e. The van der Waals surface area contributed by atoms with Crippen molar-refractivity contribution in [1.29, 1.82) is 0 Å². The second-order valence-corrected chi connectivity index (χ2v) is 7.46. The van der Waals surface area contributed by atoms with Crippen LogP contribution in [0.5, 0.6) is 0 Å². The Balaban J connectivity index is 1.64. The highest BCUT2D eigenvalue weighted by Crippen LogP contribution is 2.21. The Labute approximate surface area is 186 Å². The van der Waals surface area contributed by atoms with E-state index in [2.05, 4.69) is 0 Å². The molecule has 7 nitrogen and oxygen atoms in total. The van der Waals surface area contributed by atoms with E-state index in [1.165, 1.54) is 27.9 Å². The molecule has 3 amide bonds. The first-order chi connectivity index (χ1) is 15.0. The van der Waals surface area contributed by atoms with Gasteiger partial charge in [-0.25, -0.2) is 0 Å². The van der Waals surface area contributed by atoms with Gasteiger partial charge >= 0.3 is 0 Å². The van der Waals surface area contributed by atoms with E-state index in [0.717, 1.165) is 5.56 Å². The van der Waals surface area contributed by atoms with Crippen molar-refractivity contribution in [2.45, 2.75) is 0 Å². The third kappa shape index (κ3) is 6.16. The Hall–Kier alpha value is -3.16. The number of rotatable bonds is 8. The van der Waals surface area contributed by atoms with Gasteiger partial charge in [-0.05, 0) is 35.9 Å². The number of benzene rings is 2. The second kappa shape index (κ2) is 10.7. The molecule has 3 rings (SSSR count). The highest BCUT2D eigenvalue weighted by Gasteiger charge is 2.32. The Morgan fingerprint density at radius 1 is 1.13 bits per heavy atom. The van der Waals surface area contributed by atoms with Crippen molar-refractivity contribution < 1.29 is 19.1 Å². The molecule has 0 radical (unpaired) electrons. The quantitative estimate of drug-likeness (QED) is 0.590. The SMILES string of the molecule is COCCN(CC(=O)N1CC(=O)N(c2ccc(Cl)cc2)C1)C(=O)/C=C/c1ccccc1.